The molecule has 1 aromatic heterocycles. The number of hydrogen-bond acceptors (Lipinski definition) is 4. The van der Waals surface area contributed by atoms with Crippen molar-refractivity contribution in [3.8, 4) is 0 Å². The largest absolute Gasteiger partial charge is 0.451 e. The van der Waals surface area contributed by atoms with Gasteiger partial charge in [0.05, 0.1) is 0 Å². The monoisotopic (exact) mass is 363 g/mol. The topological polar surface area (TPSA) is 57.5 Å². The number of fused-ring (bicyclic) bond motifs is 1. The van der Waals surface area contributed by atoms with Crippen molar-refractivity contribution in [2.45, 2.75) is 32.4 Å². The van der Waals surface area contributed by atoms with Crippen LogP contribution in [0.4, 0.5) is 0 Å². The summed E-state index contributed by atoms with van der Waals surface area (Å²) in [4.78, 5) is 14.7. The van der Waals surface area contributed by atoms with Gasteiger partial charge in [-0.2, -0.15) is 0 Å². The molecule has 1 aliphatic heterocycles. The number of carbonyl (C=O) groups is 1. The summed E-state index contributed by atoms with van der Waals surface area (Å²) in [6, 6.07) is 16.9. The number of furan rings is 1. The van der Waals surface area contributed by atoms with E-state index in [1.54, 1.807) is 4.90 Å². The Bertz CT molecular complexity index is 964. The predicted octanol–water partition coefficient (Wildman–Crippen LogP) is 3.73. The molecule has 0 radical (unpaired) electrons. The van der Waals surface area contributed by atoms with Crippen LogP contribution >= 0.6 is 0 Å². The highest BCUT2D eigenvalue weighted by atomic mass is 16.3. The first kappa shape index (κ1) is 17.8. The van der Waals surface area contributed by atoms with Crippen molar-refractivity contribution >= 4 is 16.9 Å². The summed E-state index contributed by atoms with van der Waals surface area (Å²) >= 11 is 0. The highest BCUT2D eigenvalue weighted by Gasteiger charge is 2.28. The fourth-order valence-corrected chi connectivity index (χ4v) is 3.77. The van der Waals surface area contributed by atoms with Gasteiger partial charge in [-0.1, -0.05) is 42.5 Å². The van der Waals surface area contributed by atoms with Gasteiger partial charge in [-0.3, -0.25) is 10.2 Å². The average molecular weight is 363 g/mol. The van der Waals surface area contributed by atoms with E-state index in [-0.39, 0.29) is 18.0 Å². The Balaban J connectivity index is 1.45. The number of benzene rings is 2. The van der Waals surface area contributed by atoms with E-state index in [1.165, 1.54) is 5.56 Å². The SMILES string of the molecule is Cc1ccc2c(C)c(C(=O)N(C)CC3CC(c4ccccc4)NN3)oc2c1. The van der Waals surface area contributed by atoms with Gasteiger partial charge in [-0.25, -0.2) is 5.43 Å². The highest BCUT2D eigenvalue weighted by Crippen LogP contribution is 2.27. The lowest BCUT2D eigenvalue weighted by Gasteiger charge is -2.20. The number of carbonyl (C=O) groups excluding carboxylic acids is 1. The quantitative estimate of drug-likeness (QED) is 0.742. The number of amides is 1. The van der Waals surface area contributed by atoms with Crippen LogP contribution in [-0.2, 0) is 0 Å². The van der Waals surface area contributed by atoms with Crippen LogP contribution in [0.15, 0.2) is 52.9 Å². The number of hydrazine groups is 1. The molecule has 1 fully saturated rings. The number of nitrogens with one attached hydrogen (secondary N) is 2. The molecule has 0 bridgehead atoms. The summed E-state index contributed by atoms with van der Waals surface area (Å²) in [5.41, 5.74) is 10.7. The second kappa shape index (κ2) is 7.18. The molecular weight excluding hydrogens is 338 g/mol. The number of nitrogens with zero attached hydrogens (tertiary/aromatic N) is 1. The Hall–Kier alpha value is -2.63. The van der Waals surface area contributed by atoms with E-state index in [2.05, 4.69) is 23.0 Å². The number of rotatable bonds is 4. The molecule has 2 N–H and O–H groups in total. The predicted molar refractivity (Wildman–Crippen MR) is 107 cm³/mol. The normalized spacial score (nSPS) is 19.5. The van der Waals surface area contributed by atoms with Gasteiger partial charge in [-0.05, 0) is 37.5 Å². The van der Waals surface area contributed by atoms with E-state index in [1.807, 2.05) is 57.3 Å². The Morgan fingerprint density at radius 1 is 1.15 bits per heavy atom. The molecule has 2 unspecified atom stereocenters. The third kappa shape index (κ3) is 3.48. The third-order valence-corrected chi connectivity index (χ3v) is 5.31. The standard InChI is InChI=1S/C22H25N3O2/c1-14-9-10-18-15(2)21(27-20(18)11-14)22(26)25(3)13-17-12-19(24-23-17)16-7-5-4-6-8-16/h4-11,17,19,23-24H,12-13H2,1-3H3. The van der Waals surface area contributed by atoms with E-state index < -0.39 is 0 Å². The van der Waals surface area contributed by atoms with Gasteiger partial charge in [0.25, 0.3) is 5.91 Å². The Kier molecular flexibility index (Phi) is 4.72. The summed E-state index contributed by atoms with van der Waals surface area (Å²) in [5, 5.41) is 1.00. The van der Waals surface area contributed by atoms with Crippen LogP contribution in [-0.4, -0.2) is 30.4 Å². The molecule has 0 aliphatic carbocycles. The lowest BCUT2D eigenvalue weighted by molar-refractivity contribution is 0.0752. The second-order valence-electron chi connectivity index (χ2n) is 7.43. The minimum atomic E-state index is -0.0775. The molecule has 2 aromatic carbocycles. The Morgan fingerprint density at radius 2 is 1.93 bits per heavy atom. The fourth-order valence-electron chi connectivity index (χ4n) is 3.77. The second-order valence-corrected chi connectivity index (χ2v) is 7.43. The summed E-state index contributed by atoms with van der Waals surface area (Å²) in [6.45, 7) is 4.58. The van der Waals surface area contributed by atoms with Crippen molar-refractivity contribution < 1.29 is 9.21 Å². The van der Waals surface area contributed by atoms with Gasteiger partial charge in [0, 0.05) is 36.6 Å². The summed E-state index contributed by atoms with van der Waals surface area (Å²) < 4.78 is 5.89. The van der Waals surface area contributed by atoms with Crippen LogP contribution < -0.4 is 10.9 Å². The molecule has 0 saturated carbocycles. The van der Waals surface area contributed by atoms with Gasteiger partial charge in [-0.15, -0.1) is 0 Å². The van der Waals surface area contributed by atoms with E-state index in [0.717, 1.165) is 28.5 Å². The van der Waals surface area contributed by atoms with Crippen LogP contribution in [0.5, 0.6) is 0 Å². The van der Waals surface area contributed by atoms with Crippen molar-refractivity contribution in [2.24, 2.45) is 0 Å². The van der Waals surface area contributed by atoms with Gasteiger partial charge >= 0.3 is 0 Å². The van der Waals surface area contributed by atoms with Crippen molar-refractivity contribution in [1.82, 2.24) is 15.8 Å². The van der Waals surface area contributed by atoms with Crippen LogP contribution in [0.25, 0.3) is 11.0 Å². The van der Waals surface area contributed by atoms with E-state index in [9.17, 15) is 4.79 Å². The van der Waals surface area contributed by atoms with Crippen LogP contribution in [0.2, 0.25) is 0 Å². The molecular formula is C22H25N3O2. The molecule has 3 aromatic rings. The first-order valence-corrected chi connectivity index (χ1v) is 9.34. The lowest BCUT2D eigenvalue weighted by Crippen LogP contribution is -2.41. The van der Waals surface area contributed by atoms with Crippen molar-refractivity contribution in [1.29, 1.82) is 0 Å². The fraction of sp³-hybridized carbons (Fsp3) is 0.318. The van der Waals surface area contributed by atoms with Crippen LogP contribution in [0.3, 0.4) is 0 Å². The lowest BCUT2D eigenvalue weighted by atomic mass is 10.0. The van der Waals surface area contributed by atoms with E-state index in [0.29, 0.717) is 12.3 Å². The molecule has 1 amide bonds. The van der Waals surface area contributed by atoms with Gasteiger partial charge in [0.15, 0.2) is 5.76 Å². The minimum Gasteiger partial charge on any atom is -0.451 e. The smallest absolute Gasteiger partial charge is 0.289 e. The van der Waals surface area contributed by atoms with E-state index >= 15 is 0 Å². The first-order valence-electron chi connectivity index (χ1n) is 9.34. The number of hydrogen-bond donors (Lipinski definition) is 2. The van der Waals surface area contributed by atoms with Crippen molar-refractivity contribution in [3.05, 3.63) is 71.0 Å². The van der Waals surface area contributed by atoms with E-state index in [4.69, 9.17) is 4.42 Å². The zero-order valence-corrected chi connectivity index (χ0v) is 16.0. The maximum absolute atomic E-state index is 12.9. The summed E-state index contributed by atoms with van der Waals surface area (Å²) in [5.74, 6) is 0.356. The minimum absolute atomic E-state index is 0.0775. The molecule has 1 aliphatic rings. The van der Waals surface area contributed by atoms with Crippen LogP contribution in [0.1, 0.15) is 39.7 Å². The number of likely N-dealkylation sites (N-methyl/N-ethyl adjacent to an activating group) is 1. The van der Waals surface area contributed by atoms with Crippen molar-refractivity contribution in [2.75, 3.05) is 13.6 Å². The molecule has 4 rings (SSSR count). The summed E-state index contributed by atoms with van der Waals surface area (Å²) in [7, 11) is 1.83. The molecule has 5 heteroatoms. The Morgan fingerprint density at radius 3 is 2.70 bits per heavy atom. The summed E-state index contributed by atoms with van der Waals surface area (Å²) in [6.07, 6.45) is 0.930. The molecule has 5 nitrogen and oxygen atoms in total. The Labute approximate surface area is 159 Å². The maximum atomic E-state index is 12.9. The van der Waals surface area contributed by atoms with Gasteiger partial charge in [0.1, 0.15) is 5.58 Å². The molecule has 140 valence electrons. The average Bonchev–Trinajstić information content (AvgIpc) is 3.26. The number of aryl methyl sites for hydroxylation is 2. The molecule has 0 spiro atoms. The van der Waals surface area contributed by atoms with Gasteiger partial charge in [0.2, 0.25) is 0 Å². The zero-order chi connectivity index (χ0) is 19.0. The maximum Gasteiger partial charge on any atom is 0.289 e. The van der Waals surface area contributed by atoms with Gasteiger partial charge < -0.3 is 9.32 Å². The molecule has 1 saturated heterocycles. The molecule has 27 heavy (non-hydrogen) atoms. The molecule has 2 heterocycles. The zero-order valence-electron chi connectivity index (χ0n) is 16.0. The first-order chi connectivity index (χ1) is 13.0. The third-order valence-electron chi connectivity index (χ3n) is 5.31. The molecule has 2 atom stereocenters. The van der Waals surface area contributed by atoms with Crippen LogP contribution in [0, 0.1) is 13.8 Å². The van der Waals surface area contributed by atoms with Crippen molar-refractivity contribution in [3.63, 3.8) is 0 Å². The highest BCUT2D eigenvalue weighted by molar-refractivity contribution is 5.98.